The Bertz CT molecular complexity index is 612. The summed E-state index contributed by atoms with van der Waals surface area (Å²) in [6.07, 6.45) is 3.04. The first kappa shape index (κ1) is 23.1. The number of aromatic nitrogens is 1. The van der Waals surface area contributed by atoms with E-state index >= 15 is 0 Å². The largest absolute Gasteiger partial charge is 2.00 e. The van der Waals surface area contributed by atoms with Crippen molar-refractivity contribution in [2.45, 2.75) is 13.8 Å². The molecule has 2 aromatic rings. The number of carbonyl (C=O) groups is 1. The summed E-state index contributed by atoms with van der Waals surface area (Å²) in [4.78, 5) is 17.6. The molecule has 0 aliphatic carbocycles. The van der Waals surface area contributed by atoms with E-state index in [2.05, 4.69) is 23.0 Å². The fourth-order valence-electron chi connectivity index (χ4n) is 1.37. The van der Waals surface area contributed by atoms with Crippen molar-refractivity contribution in [2.75, 3.05) is 6.54 Å². The van der Waals surface area contributed by atoms with Crippen LogP contribution >= 0.6 is 0 Å². The number of nitrogens with zero attached hydrogens (tertiary/aromatic N) is 2. The molecule has 0 atom stereocenters. The zero-order chi connectivity index (χ0) is 15.7. The molecule has 1 aromatic carbocycles. The van der Waals surface area contributed by atoms with E-state index in [9.17, 15) is 15.0 Å². The third-order valence-electron chi connectivity index (χ3n) is 2.64. The molecule has 7 heteroatoms. The molecule has 0 saturated carbocycles. The van der Waals surface area contributed by atoms with Crippen LogP contribution in [0.15, 0.2) is 47.6 Å². The number of carbonyl (C=O) groups excluding carboxylic acids is 1. The van der Waals surface area contributed by atoms with Crippen molar-refractivity contribution in [1.29, 1.82) is 0 Å². The van der Waals surface area contributed by atoms with Crippen molar-refractivity contribution in [3.05, 3.63) is 59.4 Å². The van der Waals surface area contributed by atoms with Crippen LogP contribution in [-0.4, -0.2) is 29.2 Å². The average molecular weight is 366 g/mol. The first-order chi connectivity index (χ1) is 10.0. The van der Waals surface area contributed by atoms with Gasteiger partial charge in [-0.3, -0.25) is 9.98 Å². The van der Waals surface area contributed by atoms with Crippen molar-refractivity contribution in [3.63, 3.8) is 0 Å². The molecule has 127 valence electrons. The average Bonchev–Trinajstić information content (AvgIpc) is 2.45. The number of benzene rings is 1. The van der Waals surface area contributed by atoms with Crippen molar-refractivity contribution in [3.8, 4) is 5.75 Å². The van der Waals surface area contributed by atoms with Gasteiger partial charge in [-0.2, -0.15) is 0 Å². The first-order valence-corrected chi connectivity index (χ1v) is 6.34. The Morgan fingerprint density at radius 1 is 1.22 bits per heavy atom. The predicted octanol–water partition coefficient (Wildman–Crippen LogP) is -0.200. The summed E-state index contributed by atoms with van der Waals surface area (Å²) in [5.41, 5.74) is 2.75. The van der Waals surface area contributed by atoms with E-state index in [1.807, 2.05) is 19.2 Å². The Morgan fingerprint density at radius 2 is 1.87 bits per heavy atom. The summed E-state index contributed by atoms with van der Waals surface area (Å²) in [6.45, 7) is 3.64. The van der Waals surface area contributed by atoms with Gasteiger partial charge in [-0.1, -0.05) is 30.3 Å². The molecular weight excluding hydrogens is 348 g/mol. The van der Waals surface area contributed by atoms with Crippen molar-refractivity contribution in [2.24, 2.45) is 4.99 Å². The van der Waals surface area contributed by atoms with Gasteiger partial charge in [-0.15, -0.1) is 5.75 Å². The van der Waals surface area contributed by atoms with Crippen LogP contribution in [0.1, 0.15) is 16.8 Å². The van der Waals surface area contributed by atoms with Crippen LogP contribution < -0.4 is 10.2 Å². The molecule has 0 bridgehead atoms. The molecule has 2 rings (SSSR count). The SMILES string of the molecule is Cc1cccnc1C.O.O=C([O-])CN=Cc1ccccc1[O-].[Cu+2]. The van der Waals surface area contributed by atoms with E-state index in [0.29, 0.717) is 5.56 Å². The molecule has 1 aromatic heterocycles. The van der Waals surface area contributed by atoms with Gasteiger partial charge >= 0.3 is 17.1 Å². The van der Waals surface area contributed by atoms with Crippen LogP contribution in [0.5, 0.6) is 5.75 Å². The number of aliphatic carboxylic acids is 1. The summed E-state index contributed by atoms with van der Waals surface area (Å²) in [5.74, 6) is -1.44. The van der Waals surface area contributed by atoms with Gasteiger partial charge in [0.05, 0.1) is 12.5 Å². The third kappa shape index (κ3) is 9.42. The van der Waals surface area contributed by atoms with Crippen LogP contribution in [-0.2, 0) is 21.9 Å². The monoisotopic (exact) mass is 365 g/mol. The first-order valence-electron chi connectivity index (χ1n) is 6.34. The molecular formula is C16H18CuN2O4. The molecule has 0 fully saturated rings. The number of hydrogen-bond acceptors (Lipinski definition) is 5. The van der Waals surface area contributed by atoms with Gasteiger partial charge in [0.15, 0.2) is 0 Å². The van der Waals surface area contributed by atoms with E-state index in [-0.39, 0.29) is 28.3 Å². The third-order valence-corrected chi connectivity index (χ3v) is 2.64. The van der Waals surface area contributed by atoms with Crippen LogP contribution in [0.2, 0.25) is 0 Å². The molecule has 0 aliphatic rings. The summed E-state index contributed by atoms with van der Waals surface area (Å²) in [5, 5.41) is 21.0. The Kier molecular flexibility index (Phi) is 12.4. The van der Waals surface area contributed by atoms with E-state index in [1.54, 1.807) is 18.2 Å². The van der Waals surface area contributed by atoms with Gasteiger partial charge in [0.25, 0.3) is 0 Å². The predicted molar refractivity (Wildman–Crippen MR) is 80.7 cm³/mol. The topological polar surface area (TPSA) is 120 Å². The fraction of sp³-hybridized carbons (Fsp3) is 0.188. The zero-order valence-corrected chi connectivity index (χ0v) is 13.7. The molecule has 6 nitrogen and oxygen atoms in total. The molecule has 2 N–H and O–H groups in total. The standard InChI is InChI=1S/C9H9NO3.C7H9N.Cu.H2O/c11-8-4-2-1-3-7(8)5-10-6-9(12)13;1-6-4-3-5-8-7(6)2;;/h1-5,11H,6H2,(H,12,13);3-5H,1-2H3;;1H2/q;;+2;/p-2. The van der Waals surface area contributed by atoms with Gasteiger partial charge in [0.2, 0.25) is 0 Å². The summed E-state index contributed by atoms with van der Waals surface area (Å²) < 4.78 is 0. The van der Waals surface area contributed by atoms with E-state index in [4.69, 9.17) is 0 Å². The second-order valence-corrected chi connectivity index (χ2v) is 4.29. The Morgan fingerprint density at radius 3 is 2.35 bits per heavy atom. The van der Waals surface area contributed by atoms with Crippen LogP contribution in [0.4, 0.5) is 0 Å². The van der Waals surface area contributed by atoms with Crippen LogP contribution in [0.3, 0.4) is 0 Å². The zero-order valence-electron chi connectivity index (χ0n) is 12.7. The summed E-state index contributed by atoms with van der Waals surface area (Å²) in [6, 6.07) is 10.3. The van der Waals surface area contributed by atoms with E-state index < -0.39 is 12.5 Å². The number of aliphatic imine (C=N–C) groups is 1. The van der Waals surface area contributed by atoms with Crippen molar-refractivity contribution >= 4 is 12.2 Å². The molecule has 0 amide bonds. The molecule has 0 unspecified atom stereocenters. The minimum atomic E-state index is -1.26. The molecule has 0 saturated heterocycles. The van der Waals surface area contributed by atoms with Gasteiger partial charge in [-0.25, -0.2) is 0 Å². The second-order valence-electron chi connectivity index (χ2n) is 4.29. The minimum Gasteiger partial charge on any atom is -0.872 e. The van der Waals surface area contributed by atoms with Crippen molar-refractivity contribution in [1.82, 2.24) is 4.98 Å². The van der Waals surface area contributed by atoms with Crippen LogP contribution in [0.25, 0.3) is 0 Å². The Labute approximate surface area is 145 Å². The number of rotatable bonds is 3. The van der Waals surface area contributed by atoms with E-state index in [1.165, 1.54) is 17.8 Å². The number of para-hydroxylation sites is 1. The van der Waals surface area contributed by atoms with Gasteiger partial charge in [0, 0.05) is 18.1 Å². The Hall–Kier alpha value is -2.21. The van der Waals surface area contributed by atoms with Crippen LogP contribution in [0, 0.1) is 13.8 Å². The molecule has 0 spiro atoms. The quantitative estimate of drug-likeness (QED) is 0.552. The van der Waals surface area contributed by atoms with Crippen molar-refractivity contribution < 1.29 is 37.6 Å². The number of hydrogen-bond donors (Lipinski definition) is 0. The summed E-state index contributed by atoms with van der Waals surface area (Å²) >= 11 is 0. The molecule has 0 aliphatic heterocycles. The molecule has 1 radical (unpaired) electrons. The normalized spacial score (nSPS) is 9.13. The smallest absolute Gasteiger partial charge is 0.872 e. The maximum atomic E-state index is 11.0. The molecule has 23 heavy (non-hydrogen) atoms. The van der Waals surface area contributed by atoms with Gasteiger partial charge < -0.3 is 20.5 Å². The maximum Gasteiger partial charge on any atom is 2.00 e. The fourth-order valence-corrected chi connectivity index (χ4v) is 1.37. The number of carboxylic acids is 1. The number of carboxylic acid groups (broad SMARTS) is 1. The summed E-state index contributed by atoms with van der Waals surface area (Å²) in [7, 11) is 0. The minimum absolute atomic E-state index is 0. The van der Waals surface area contributed by atoms with E-state index in [0.717, 1.165) is 5.69 Å². The second kappa shape index (κ2) is 12.3. The number of pyridine rings is 1. The van der Waals surface area contributed by atoms with Gasteiger partial charge in [0.1, 0.15) is 0 Å². The Balaban J connectivity index is 0. The molecule has 1 heterocycles. The number of aryl methyl sites for hydroxylation is 2. The maximum absolute atomic E-state index is 11.0. The van der Waals surface area contributed by atoms with Gasteiger partial charge in [-0.05, 0) is 31.0 Å².